The molecule has 7 heteroatoms. The Labute approximate surface area is 188 Å². The molecule has 2 heterocycles. The van der Waals surface area contributed by atoms with E-state index in [0.29, 0.717) is 19.5 Å². The Kier molecular flexibility index (Phi) is 6.55. The summed E-state index contributed by atoms with van der Waals surface area (Å²) in [5.41, 5.74) is 2.19. The minimum Gasteiger partial charge on any atom is -0.330 e. The molecular weight excluding hydrogens is 428 g/mol. The summed E-state index contributed by atoms with van der Waals surface area (Å²) in [5.74, 6) is -0.168. The van der Waals surface area contributed by atoms with Crippen LogP contribution in [0.25, 0.3) is 0 Å². The summed E-state index contributed by atoms with van der Waals surface area (Å²) in [6.45, 7) is 2.64. The highest BCUT2D eigenvalue weighted by molar-refractivity contribution is 7.89. The van der Waals surface area contributed by atoms with E-state index in [1.54, 1.807) is 41.7 Å². The average Bonchev–Trinajstić information content (AvgIpc) is 3.28. The number of hydrogen-bond donors (Lipinski definition) is 0. The van der Waals surface area contributed by atoms with E-state index in [2.05, 4.69) is 11.4 Å². The number of rotatable bonds is 7. The Hall–Kier alpha value is -2.48. The summed E-state index contributed by atoms with van der Waals surface area (Å²) < 4.78 is 27.7. The fourth-order valence-electron chi connectivity index (χ4n) is 4.10. The van der Waals surface area contributed by atoms with E-state index < -0.39 is 10.0 Å². The molecule has 0 bridgehead atoms. The Morgan fingerprint density at radius 2 is 1.74 bits per heavy atom. The molecule has 1 unspecified atom stereocenters. The van der Waals surface area contributed by atoms with Gasteiger partial charge in [-0.1, -0.05) is 55.5 Å². The summed E-state index contributed by atoms with van der Waals surface area (Å²) in [6, 6.07) is 20.2. The molecule has 1 amide bonds. The summed E-state index contributed by atoms with van der Waals surface area (Å²) in [6.07, 6.45) is 1.43. The second-order valence-electron chi connectivity index (χ2n) is 7.60. The molecule has 3 aromatic rings. The molecule has 0 spiro atoms. The standard InChI is InChI=1S/C24H26N2O3S2/c1-2-15-25(31(28,29)20-11-7-4-8-12-20)18-23(27)26-16-13-22-21(14-17-30-22)24(26)19-9-5-3-6-10-19/h3-12,14,17,24H,2,13,15-16,18H2,1H3. The minimum atomic E-state index is -3.74. The normalized spacial score (nSPS) is 16.3. The number of benzene rings is 2. The van der Waals surface area contributed by atoms with Crippen molar-refractivity contribution in [3.8, 4) is 0 Å². The minimum absolute atomic E-state index is 0.159. The first-order valence-electron chi connectivity index (χ1n) is 10.5. The van der Waals surface area contributed by atoms with Gasteiger partial charge in [-0.25, -0.2) is 8.42 Å². The lowest BCUT2D eigenvalue weighted by Gasteiger charge is -2.37. The zero-order valence-corrected chi connectivity index (χ0v) is 19.1. The van der Waals surface area contributed by atoms with Crippen LogP contribution in [0.3, 0.4) is 0 Å². The molecule has 1 aliphatic rings. The maximum atomic E-state index is 13.5. The fourth-order valence-corrected chi connectivity index (χ4v) is 6.50. The molecule has 0 saturated carbocycles. The van der Waals surface area contributed by atoms with Gasteiger partial charge in [-0.15, -0.1) is 11.3 Å². The van der Waals surface area contributed by atoms with Crippen LogP contribution in [0.15, 0.2) is 77.0 Å². The first kappa shape index (κ1) is 21.7. The van der Waals surface area contributed by atoms with Crippen molar-refractivity contribution in [1.82, 2.24) is 9.21 Å². The number of sulfonamides is 1. The van der Waals surface area contributed by atoms with Gasteiger partial charge in [-0.05, 0) is 47.5 Å². The van der Waals surface area contributed by atoms with Crippen LogP contribution in [0.4, 0.5) is 0 Å². The van der Waals surface area contributed by atoms with Gasteiger partial charge in [0.05, 0.1) is 17.5 Å². The molecule has 4 rings (SSSR count). The zero-order valence-electron chi connectivity index (χ0n) is 17.5. The first-order valence-corrected chi connectivity index (χ1v) is 12.8. The van der Waals surface area contributed by atoms with Crippen LogP contribution >= 0.6 is 11.3 Å². The Bertz CT molecular complexity index is 1130. The molecule has 5 nitrogen and oxygen atoms in total. The lowest BCUT2D eigenvalue weighted by Crippen LogP contribution is -2.46. The van der Waals surface area contributed by atoms with E-state index in [9.17, 15) is 13.2 Å². The van der Waals surface area contributed by atoms with Crippen molar-refractivity contribution in [2.24, 2.45) is 0 Å². The zero-order chi connectivity index (χ0) is 21.8. The average molecular weight is 455 g/mol. The third-order valence-corrected chi connectivity index (χ3v) is 8.42. The van der Waals surface area contributed by atoms with Crippen molar-refractivity contribution >= 4 is 27.3 Å². The van der Waals surface area contributed by atoms with Crippen LogP contribution in [-0.2, 0) is 21.2 Å². The molecule has 31 heavy (non-hydrogen) atoms. The number of thiophene rings is 1. The number of hydrogen-bond acceptors (Lipinski definition) is 4. The third-order valence-electron chi connectivity index (χ3n) is 5.57. The topological polar surface area (TPSA) is 57.7 Å². The largest absolute Gasteiger partial charge is 0.330 e. The van der Waals surface area contributed by atoms with Crippen molar-refractivity contribution in [2.45, 2.75) is 30.7 Å². The summed E-state index contributed by atoms with van der Waals surface area (Å²) in [4.78, 5) is 16.8. The van der Waals surface area contributed by atoms with Crippen LogP contribution in [0.1, 0.15) is 35.4 Å². The van der Waals surface area contributed by atoms with Crippen molar-refractivity contribution in [2.75, 3.05) is 19.6 Å². The van der Waals surface area contributed by atoms with Gasteiger partial charge in [0.15, 0.2) is 0 Å². The van der Waals surface area contributed by atoms with Gasteiger partial charge in [0.2, 0.25) is 15.9 Å². The van der Waals surface area contributed by atoms with Gasteiger partial charge in [0, 0.05) is 18.0 Å². The van der Waals surface area contributed by atoms with E-state index >= 15 is 0 Å². The summed E-state index contributed by atoms with van der Waals surface area (Å²) >= 11 is 1.72. The third kappa shape index (κ3) is 4.44. The quantitative estimate of drug-likeness (QED) is 0.534. The molecule has 0 fully saturated rings. The van der Waals surface area contributed by atoms with E-state index in [0.717, 1.165) is 17.5 Å². The molecule has 1 atom stereocenters. The number of carbonyl (C=O) groups is 1. The Balaban J connectivity index is 1.64. The Morgan fingerprint density at radius 1 is 1.06 bits per heavy atom. The van der Waals surface area contributed by atoms with Gasteiger partial charge < -0.3 is 4.90 Å². The molecule has 1 aliphatic heterocycles. The van der Waals surface area contributed by atoms with Crippen LogP contribution in [0.5, 0.6) is 0 Å². The van der Waals surface area contributed by atoms with Crippen LogP contribution < -0.4 is 0 Å². The monoisotopic (exact) mass is 454 g/mol. The number of nitrogens with zero attached hydrogens (tertiary/aromatic N) is 2. The summed E-state index contributed by atoms with van der Waals surface area (Å²) in [5, 5.41) is 2.07. The summed E-state index contributed by atoms with van der Waals surface area (Å²) in [7, 11) is -3.74. The van der Waals surface area contributed by atoms with Gasteiger partial charge in [-0.2, -0.15) is 4.31 Å². The highest BCUT2D eigenvalue weighted by atomic mass is 32.2. The van der Waals surface area contributed by atoms with E-state index in [1.165, 1.54) is 9.18 Å². The lowest BCUT2D eigenvalue weighted by atomic mass is 9.93. The smallest absolute Gasteiger partial charge is 0.243 e. The maximum absolute atomic E-state index is 13.5. The highest BCUT2D eigenvalue weighted by Gasteiger charge is 2.35. The number of amides is 1. The molecular formula is C24H26N2O3S2. The molecule has 0 N–H and O–H groups in total. The molecule has 0 aliphatic carbocycles. The van der Waals surface area contributed by atoms with Crippen LogP contribution in [0, 0.1) is 0 Å². The number of fused-ring (bicyclic) bond motifs is 1. The first-order chi connectivity index (χ1) is 15.0. The maximum Gasteiger partial charge on any atom is 0.243 e. The number of carbonyl (C=O) groups excluding carboxylic acids is 1. The van der Waals surface area contributed by atoms with E-state index in [4.69, 9.17) is 0 Å². The Morgan fingerprint density at radius 3 is 2.42 bits per heavy atom. The van der Waals surface area contributed by atoms with Crippen molar-refractivity contribution in [3.05, 3.63) is 88.1 Å². The van der Waals surface area contributed by atoms with Crippen LogP contribution in [-0.4, -0.2) is 43.2 Å². The predicted octanol–water partition coefficient (Wildman–Crippen LogP) is 4.32. The second kappa shape index (κ2) is 9.34. The van der Waals surface area contributed by atoms with Crippen molar-refractivity contribution in [1.29, 1.82) is 0 Å². The lowest BCUT2D eigenvalue weighted by molar-refractivity contribution is -0.133. The van der Waals surface area contributed by atoms with Crippen molar-refractivity contribution < 1.29 is 13.2 Å². The van der Waals surface area contributed by atoms with Gasteiger partial charge >= 0.3 is 0 Å². The molecule has 162 valence electrons. The second-order valence-corrected chi connectivity index (χ2v) is 10.5. The molecule has 2 aromatic carbocycles. The van der Waals surface area contributed by atoms with Crippen molar-refractivity contribution in [3.63, 3.8) is 0 Å². The van der Waals surface area contributed by atoms with Gasteiger partial charge in [-0.3, -0.25) is 4.79 Å². The van der Waals surface area contributed by atoms with Crippen LogP contribution in [0.2, 0.25) is 0 Å². The molecule has 0 saturated heterocycles. The molecule has 0 radical (unpaired) electrons. The highest BCUT2D eigenvalue weighted by Crippen LogP contribution is 2.37. The van der Waals surface area contributed by atoms with E-state index in [1.807, 2.05) is 42.2 Å². The van der Waals surface area contributed by atoms with Gasteiger partial charge in [0.25, 0.3) is 0 Å². The molecule has 1 aromatic heterocycles. The fraction of sp³-hybridized carbons (Fsp3) is 0.292. The predicted molar refractivity (Wildman–Crippen MR) is 124 cm³/mol. The van der Waals surface area contributed by atoms with E-state index in [-0.39, 0.29) is 23.4 Å². The van der Waals surface area contributed by atoms with Gasteiger partial charge in [0.1, 0.15) is 0 Å². The SMILES string of the molecule is CCCN(CC(=O)N1CCc2sccc2C1c1ccccc1)S(=O)(=O)c1ccccc1.